The summed E-state index contributed by atoms with van der Waals surface area (Å²) in [7, 11) is 1.77. The third-order valence-corrected chi connectivity index (χ3v) is 8.26. The number of ether oxygens (including phenoxy) is 1. The topological polar surface area (TPSA) is 92.9 Å². The maximum absolute atomic E-state index is 13.9. The van der Waals surface area contributed by atoms with Crippen molar-refractivity contribution in [3.63, 3.8) is 0 Å². The molecule has 1 spiro atoms. The van der Waals surface area contributed by atoms with E-state index in [2.05, 4.69) is 0 Å². The van der Waals surface area contributed by atoms with Gasteiger partial charge in [-0.2, -0.15) is 0 Å². The van der Waals surface area contributed by atoms with E-state index in [-0.39, 0.29) is 55.5 Å². The molecule has 4 rings (SSSR count). The molecule has 2 fully saturated rings. The number of piperidine rings is 1. The van der Waals surface area contributed by atoms with Gasteiger partial charge in [-0.1, -0.05) is 35.9 Å². The van der Waals surface area contributed by atoms with Crippen LogP contribution in [0.25, 0.3) is 0 Å². The van der Waals surface area contributed by atoms with Crippen molar-refractivity contribution in [3.05, 3.63) is 70.5 Å². The Kier molecular flexibility index (Phi) is 8.78. The van der Waals surface area contributed by atoms with Gasteiger partial charge in [-0.3, -0.25) is 14.4 Å². The van der Waals surface area contributed by atoms with Crippen molar-refractivity contribution in [1.82, 2.24) is 9.80 Å². The third kappa shape index (κ3) is 6.51. The van der Waals surface area contributed by atoms with Gasteiger partial charge in [0.05, 0.1) is 30.1 Å². The molecule has 0 aliphatic carbocycles. The number of nitrogens with zero attached hydrogens (tertiary/aromatic N) is 2. The molecule has 39 heavy (non-hydrogen) atoms. The molecule has 0 bridgehead atoms. The second-order valence-corrected chi connectivity index (χ2v) is 11.9. The number of hydrogen-bond acceptors (Lipinski definition) is 5. The number of carbonyl (C=O) groups is 3. The van der Waals surface area contributed by atoms with Gasteiger partial charge in [0.1, 0.15) is 5.82 Å². The van der Waals surface area contributed by atoms with Crippen LogP contribution in [0.2, 0.25) is 5.02 Å². The Morgan fingerprint density at radius 3 is 2.49 bits per heavy atom. The van der Waals surface area contributed by atoms with Crippen LogP contribution in [-0.2, 0) is 25.7 Å². The minimum absolute atomic E-state index is 0.0102. The van der Waals surface area contributed by atoms with E-state index in [1.165, 1.54) is 12.1 Å². The number of halogens is 2. The fraction of sp³-hybridized carbons (Fsp3) is 0.500. The number of likely N-dealkylation sites (N-methyl/N-ethyl adjacent to an activating group) is 1. The lowest BCUT2D eigenvalue weighted by atomic mass is 9.69. The highest BCUT2D eigenvalue weighted by atomic mass is 35.5. The fourth-order valence-electron chi connectivity index (χ4n) is 5.77. The van der Waals surface area contributed by atoms with Gasteiger partial charge in [0, 0.05) is 44.0 Å². The van der Waals surface area contributed by atoms with Crippen LogP contribution in [-0.4, -0.2) is 66.2 Å². The van der Waals surface area contributed by atoms with Crippen LogP contribution in [0.15, 0.2) is 48.5 Å². The lowest BCUT2D eigenvalue weighted by Gasteiger charge is -2.43. The van der Waals surface area contributed by atoms with Gasteiger partial charge in [0.25, 0.3) is 0 Å². The average Bonchev–Trinajstić information content (AvgIpc) is 3.13. The number of rotatable bonds is 9. The quantitative estimate of drug-likeness (QED) is 0.499. The van der Waals surface area contributed by atoms with Gasteiger partial charge >= 0.3 is 0 Å². The Morgan fingerprint density at radius 2 is 1.85 bits per heavy atom. The first-order valence-corrected chi connectivity index (χ1v) is 13.7. The van der Waals surface area contributed by atoms with Crippen LogP contribution >= 0.6 is 11.6 Å². The molecule has 210 valence electrons. The highest BCUT2D eigenvalue weighted by Crippen LogP contribution is 2.49. The number of benzene rings is 2. The minimum atomic E-state index is -1.09. The summed E-state index contributed by atoms with van der Waals surface area (Å²) in [6.07, 6.45) is 1.23. The Hall–Kier alpha value is -2.81. The van der Waals surface area contributed by atoms with Crippen molar-refractivity contribution in [2.75, 3.05) is 33.3 Å². The Morgan fingerprint density at radius 1 is 1.18 bits per heavy atom. The predicted molar refractivity (Wildman–Crippen MR) is 148 cm³/mol. The maximum Gasteiger partial charge on any atom is 0.231 e. The smallest absolute Gasteiger partial charge is 0.231 e. The predicted octanol–water partition coefficient (Wildman–Crippen LogP) is 4.17. The number of ketones is 1. The van der Waals surface area contributed by atoms with E-state index in [0.29, 0.717) is 31.0 Å². The molecule has 2 unspecified atom stereocenters. The standard InChI is InChI=1S/C30H37ClFN3O4/c1-29(2,33)26(36)15-22(18-39-17-20-5-9-23(31)10-6-20)27(37)35-14-4-13-30(19-35)25(16-34(3)28(30)38)21-7-11-24(32)12-8-21/h5-12,22,25H,4,13-19,33H2,1-3H3/t22-,25?,30?/m1/s1. The van der Waals surface area contributed by atoms with Crippen molar-refractivity contribution in [1.29, 1.82) is 0 Å². The van der Waals surface area contributed by atoms with Gasteiger partial charge in [-0.25, -0.2) is 4.39 Å². The fourth-order valence-corrected chi connectivity index (χ4v) is 5.90. The molecule has 2 aromatic carbocycles. The van der Waals surface area contributed by atoms with Crippen LogP contribution < -0.4 is 5.73 Å². The molecule has 2 aliphatic heterocycles. The highest BCUT2D eigenvalue weighted by Gasteiger charge is 2.55. The van der Waals surface area contributed by atoms with Crippen LogP contribution in [0.1, 0.15) is 50.2 Å². The van der Waals surface area contributed by atoms with Crippen molar-refractivity contribution < 1.29 is 23.5 Å². The molecule has 2 aromatic rings. The lowest BCUT2D eigenvalue weighted by Crippen LogP contribution is -2.53. The molecule has 9 heteroatoms. The van der Waals surface area contributed by atoms with E-state index in [4.69, 9.17) is 22.1 Å². The second kappa shape index (κ2) is 11.7. The van der Waals surface area contributed by atoms with Gasteiger partial charge < -0.3 is 20.3 Å². The molecule has 2 aliphatic rings. The van der Waals surface area contributed by atoms with Crippen molar-refractivity contribution in [2.24, 2.45) is 17.1 Å². The zero-order valence-corrected chi connectivity index (χ0v) is 23.5. The minimum Gasteiger partial charge on any atom is -0.376 e. The number of carbonyl (C=O) groups excluding carboxylic acids is 3. The molecule has 3 atom stereocenters. The highest BCUT2D eigenvalue weighted by molar-refractivity contribution is 6.30. The van der Waals surface area contributed by atoms with Crippen molar-refractivity contribution >= 4 is 29.2 Å². The van der Waals surface area contributed by atoms with E-state index < -0.39 is 16.9 Å². The van der Waals surface area contributed by atoms with Gasteiger partial charge in [0.2, 0.25) is 11.8 Å². The molecule has 0 saturated carbocycles. The van der Waals surface area contributed by atoms with E-state index in [9.17, 15) is 18.8 Å². The lowest BCUT2D eigenvalue weighted by molar-refractivity contribution is -0.148. The summed E-state index contributed by atoms with van der Waals surface area (Å²) in [5, 5.41) is 0.618. The second-order valence-electron chi connectivity index (χ2n) is 11.5. The van der Waals surface area contributed by atoms with E-state index in [0.717, 1.165) is 11.1 Å². The van der Waals surface area contributed by atoms with Gasteiger partial charge in [-0.05, 0) is 62.1 Å². The van der Waals surface area contributed by atoms with E-state index in [1.54, 1.807) is 55.0 Å². The summed E-state index contributed by atoms with van der Waals surface area (Å²) in [5.74, 6) is -1.70. The maximum atomic E-state index is 13.9. The SMILES string of the molecule is CN1CC(c2ccc(F)cc2)C2(CCCN(C(=O)[C@@H](COCc3ccc(Cl)cc3)CC(=O)C(C)(C)N)C2)C1=O. The summed E-state index contributed by atoms with van der Waals surface area (Å²) in [5.41, 5.74) is 5.95. The molecule has 2 heterocycles. The summed E-state index contributed by atoms with van der Waals surface area (Å²) >= 11 is 5.97. The van der Waals surface area contributed by atoms with Crippen LogP contribution in [0.5, 0.6) is 0 Å². The van der Waals surface area contributed by atoms with E-state index in [1.807, 2.05) is 12.1 Å². The number of hydrogen-bond donors (Lipinski definition) is 1. The first-order chi connectivity index (χ1) is 18.4. The third-order valence-electron chi connectivity index (χ3n) is 8.00. The number of nitrogens with two attached hydrogens (primary N) is 1. The van der Waals surface area contributed by atoms with Crippen LogP contribution in [0.4, 0.5) is 4.39 Å². The Balaban J connectivity index is 1.54. The molecule has 2 N–H and O–H groups in total. The molecule has 2 amide bonds. The normalized spacial score (nSPS) is 22.4. The summed E-state index contributed by atoms with van der Waals surface area (Å²) in [4.78, 5) is 43.8. The molecule has 2 saturated heterocycles. The van der Waals surface area contributed by atoms with Gasteiger partial charge in [-0.15, -0.1) is 0 Å². The molecular formula is C30H37ClFN3O4. The van der Waals surface area contributed by atoms with Crippen LogP contribution in [0, 0.1) is 17.2 Å². The number of amides is 2. The summed E-state index contributed by atoms with van der Waals surface area (Å²) in [6.45, 7) is 4.79. The van der Waals surface area contributed by atoms with Crippen molar-refractivity contribution in [2.45, 2.75) is 51.2 Å². The summed E-state index contributed by atoms with van der Waals surface area (Å²) < 4.78 is 19.6. The monoisotopic (exact) mass is 557 g/mol. The van der Waals surface area contributed by atoms with E-state index >= 15 is 0 Å². The molecule has 0 aromatic heterocycles. The first kappa shape index (κ1) is 29.2. The zero-order valence-electron chi connectivity index (χ0n) is 22.8. The first-order valence-electron chi connectivity index (χ1n) is 13.3. The molecular weight excluding hydrogens is 521 g/mol. The Bertz CT molecular complexity index is 1200. The largest absolute Gasteiger partial charge is 0.376 e. The average molecular weight is 558 g/mol. The molecule has 7 nitrogen and oxygen atoms in total. The Labute approximate surface area is 234 Å². The number of likely N-dealkylation sites (tertiary alicyclic amines) is 2. The number of Topliss-reactive ketones (excluding diaryl/α,β-unsaturated/α-hetero) is 1. The summed E-state index contributed by atoms with van der Waals surface area (Å²) in [6, 6.07) is 13.5. The molecule has 0 radical (unpaired) electrons. The van der Waals surface area contributed by atoms with Crippen LogP contribution in [0.3, 0.4) is 0 Å². The van der Waals surface area contributed by atoms with Gasteiger partial charge in [0.15, 0.2) is 5.78 Å². The zero-order chi connectivity index (χ0) is 28.4. The van der Waals surface area contributed by atoms with Crippen molar-refractivity contribution in [3.8, 4) is 0 Å².